The Bertz CT molecular complexity index is 338. The molecule has 0 aromatic heterocycles. The summed E-state index contributed by atoms with van der Waals surface area (Å²) in [6.07, 6.45) is 2.72. The molecule has 2 nitrogen and oxygen atoms in total. The van der Waals surface area contributed by atoms with Crippen molar-refractivity contribution in [3.63, 3.8) is 0 Å². The summed E-state index contributed by atoms with van der Waals surface area (Å²) >= 11 is 2.18. The summed E-state index contributed by atoms with van der Waals surface area (Å²) in [5, 5.41) is 0. The van der Waals surface area contributed by atoms with Crippen LogP contribution in [0.1, 0.15) is 54.4 Å². The Morgan fingerprint density at radius 1 is 0.704 bits per heavy atom. The predicted molar refractivity (Wildman–Crippen MR) is 137 cm³/mol. The van der Waals surface area contributed by atoms with E-state index in [4.69, 9.17) is 4.43 Å². The van der Waals surface area contributed by atoms with Crippen LogP contribution in [0.5, 0.6) is 0 Å². The van der Waals surface area contributed by atoms with Crippen LogP contribution >= 0.6 is 11.8 Å². The molecule has 0 saturated carbocycles. The molecule has 0 N–H and O–H groups in total. The van der Waals surface area contributed by atoms with Gasteiger partial charge in [0.1, 0.15) is 16.5 Å². The minimum absolute atomic E-state index is 1.28. The number of nitrogens with zero attached hydrogens (tertiary/aromatic N) is 1. The summed E-state index contributed by atoms with van der Waals surface area (Å²) in [6, 6.07) is 9.96. The average Bonchev–Trinajstić information content (AvgIpc) is 2.69. The highest BCUT2D eigenvalue weighted by Crippen LogP contribution is 2.36. The van der Waals surface area contributed by atoms with Gasteiger partial charge in [-0.2, -0.15) is 11.8 Å². The fourth-order valence-electron chi connectivity index (χ4n) is 4.75. The zero-order valence-electron chi connectivity index (χ0n) is 20.2. The minimum Gasteiger partial charge on any atom is -0.420 e. The first-order valence-corrected chi connectivity index (χ1v) is 21.1. The Kier molecular flexibility index (Phi) is 14.5. The second-order valence-corrected chi connectivity index (χ2v) is 25.1. The van der Waals surface area contributed by atoms with Crippen LogP contribution < -0.4 is 0 Å². The smallest absolute Gasteiger partial charge is 0.186 e. The molecule has 6 heteroatoms. The maximum absolute atomic E-state index is 5.68. The van der Waals surface area contributed by atoms with Crippen LogP contribution in [0.25, 0.3) is 0 Å². The quantitative estimate of drug-likeness (QED) is 0.167. The van der Waals surface area contributed by atoms with E-state index in [0.29, 0.717) is 0 Å². The number of hydrogen-bond acceptors (Lipinski definition) is 3. The molecule has 0 heterocycles. The monoisotopic (exact) mass is 449 g/mol. The van der Waals surface area contributed by atoms with E-state index in [2.05, 4.69) is 70.6 Å². The van der Waals surface area contributed by atoms with Crippen molar-refractivity contribution < 1.29 is 4.43 Å². The molecule has 0 aromatic rings. The van der Waals surface area contributed by atoms with Gasteiger partial charge in [-0.25, -0.2) is 0 Å². The lowest BCUT2D eigenvalue weighted by Crippen LogP contribution is -2.66. The first-order valence-electron chi connectivity index (χ1n) is 11.7. The standard InChI is InChI=1S/C21H51NOSSi3/c1-10-26(11-2,12-3)22(27(13-4,14-5)15-6)18-16-19-24-20-17-21-25(8,9)23-7/h10-21H2,1-9H3. The van der Waals surface area contributed by atoms with Crippen LogP contribution in [0.15, 0.2) is 0 Å². The molecule has 0 spiro atoms. The van der Waals surface area contributed by atoms with Crippen LogP contribution in [0.4, 0.5) is 0 Å². The van der Waals surface area contributed by atoms with Crippen LogP contribution in [0, 0.1) is 0 Å². The second kappa shape index (κ2) is 14.0. The second-order valence-electron chi connectivity index (χ2n) is 8.75. The molecule has 0 aliphatic carbocycles. The SMILES string of the molecule is CC[Si](CC)(CC)N(CCCSCCC[Si](C)(C)OC)[Si](CC)(CC)CC. The van der Waals surface area contributed by atoms with E-state index in [0.717, 1.165) is 0 Å². The molecule has 164 valence electrons. The summed E-state index contributed by atoms with van der Waals surface area (Å²) < 4.78 is 8.92. The van der Waals surface area contributed by atoms with E-state index < -0.39 is 24.8 Å². The zero-order chi connectivity index (χ0) is 21.0. The molecule has 0 aliphatic rings. The van der Waals surface area contributed by atoms with Gasteiger partial charge >= 0.3 is 0 Å². The molecule has 0 unspecified atom stereocenters. The summed E-state index contributed by atoms with van der Waals surface area (Å²) in [7, 11) is -2.01. The highest BCUT2D eigenvalue weighted by atomic mass is 32.2. The van der Waals surface area contributed by atoms with E-state index in [9.17, 15) is 0 Å². The van der Waals surface area contributed by atoms with E-state index in [-0.39, 0.29) is 0 Å². The lowest BCUT2D eigenvalue weighted by atomic mass is 10.5. The number of thioether (sulfide) groups is 1. The van der Waals surface area contributed by atoms with Crippen molar-refractivity contribution in [2.45, 2.75) is 110 Å². The molecule has 0 amide bonds. The molecule has 0 bridgehead atoms. The molecular formula is C21H51NOSSi3. The van der Waals surface area contributed by atoms with E-state index in [1.54, 1.807) is 0 Å². The van der Waals surface area contributed by atoms with Crippen molar-refractivity contribution in [3.05, 3.63) is 0 Å². The Labute approximate surface area is 179 Å². The van der Waals surface area contributed by atoms with Crippen molar-refractivity contribution in [2.75, 3.05) is 25.2 Å². The third-order valence-electron chi connectivity index (χ3n) is 7.38. The topological polar surface area (TPSA) is 12.5 Å². The molecule has 0 atom stereocenters. The summed E-state index contributed by atoms with van der Waals surface area (Å²) in [5.41, 5.74) is 0. The fraction of sp³-hybridized carbons (Fsp3) is 1.00. The van der Waals surface area contributed by atoms with Crippen molar-refractivity contribution in [3.8, 4) is 0 Å². The van der Waals surface area contributed by atoms with Gasteiger partial charge < -0.3 is 8.66 Å². The molecule has 0 rings (SSSR count). The molecule has 0 aromatic carbocycles. The molecule has 0 fully saturated rings. The molecule has 0 saturated heterocycles. The average molecular weight is 450 g/mol. The Hall–Kier alpha value is 0.921. The fourth-order valence-corrected chi connectivity index (χ4v) is 20.6. The van der Waals surface area contributed by atoms with Gasteiger partial charge in [-0.3, -0.25) is 0 Å². The Morgan fingerprint density at radius 2 is 1.11 bits per heavy atom. The lowest BCUT2D eigenvalue weighted by Gasteiger charge is -2.52. The highest BCUT2D eigenvalue weighted by molar-refractivity contribution is 7.99. The van der Waals surface area contributed by atoms with Crippen LogP contribution in [0.2, 0.25) is 55.4 Å². The Morgan fingerprint density at radius 3 is 1.48 bits per heavy atom. The third-order valence-corrected chi connectivity index (χ3v) is 24.7. The van der Waals surface area contributed by atoms with Gasteiger partial charge in [-0.05, 0) is 86.3 Å². The molecule has 0 aliphatic heterocycles. The van der Waals surface area contributed by atoms with Gasteiger partial charge in [0.15, 0.2) is 8.32 Å². The van der Waals surface area contributed by atoms with Gasteiger partial charge in [0.2, 0.25) is 0 Å². The maximum Gasteiger partial charge on any atom is 0.186 e. The minimum atomic E-state index is -1.35. The van der Waals surface area contributed by atoms with Crippen molar-refractivity contribution >= 4 is 36.6 Å². The van der Waals surface area contributed by atoms with E-state index in [1.165, 1.54) is 73.2 Å². The maximum atomic E-state index is 5.68. The van der Waals surface area contributed by atoms with E-state index in [1.807, 2.05) is 7.11 Å². The van der Waals surface area contributed by atoms with Gasteiger partial charge in [0, 0.05) is 7.11 Å². The van der Waals surface area contributed by atoms with E-state index >= 15 is 0 Å². The summed E-state index contributed by atoms with van der Waals surface area (Å²) in [6.45, 7) is 21.0. The first-order chi connectivity index (χ1) is 12.8. The van der Waals surface area contributed by atoms with Crippen LogP contribution in [-0.4, -0.2) is 54.2 Å². The first kappa shape index (κ1) is 27.9. The molecular weight excluding hydrogens is 399 g/mol. The lowest BCUT2D eigenvalue weighted by molar-refractivity contribution is 0.403. The van der Waals surface area contributed by atoms with Crippen molar-refractivity contribution in [2.24, 2.45) is 0 Å². The van der Waals surface area contributed by atoms with Crippen LogP contribution in [-0.2, 0) is 4.43 Å². The van der Waals surface area contributed by atoms with Gasteiger partial charge in [0.25, 0.3) is 0 Å². The largest absolute Gasteiger partial charge is 0.420 e. The third kappa shape index (κ3) is 8.29. The Balaban J connectivity index is 4.80. The number of hydrogen-bond donors (Lipinski definition) is 0. The predicted octanol–water partition coefficient (Wildman–Crippen LogP) is 7.66. The molecule has 27 heavy (non-hydrogen) atoms. The van der Waals surface area contributed by atoms with Gasteiger partial charge in [0.05, 0.1) is 0 Å². The zero-order valence-corrected chi connectivity index (χ0v) is 24.1. The normalized spacial score (nSPS) is 13.6. The van der Waals surface area contributed by atoms with Crippen molar-refractivity contribution in [1.29, 1.82) is 0 Å². The number of rotatable bonds is 17. The van der Waals surface area contributed by atoms with Crippen molar-refractivity contribution in [1.82, 2.24) is 4.23 Å². The highest BCUT2D eigenvalue weighted by Gasteiger charge is 2.45. The molecule has 0 radical (unpaired) electrons. The van der Waals surface area contributed by atoms with Gasteiger partial charge in [-0.15, -0.1) is 0 Å². The van der Waals surface area contributed by atoms with Crippen LogP contribution in [0.3, 0.4) is 0 Å². The summed E-state index contributed by atoms with van der Waals surface area (Å²) in [5.74, 6) is 2.66. The summed E-state index contributed by atoms with van der Waals surface area (Å²) in [4.78, 5) is 0. The van der Waals surface area contributed by atoms with Gasteiger partial charge in [-0.1, -0.05) is 41.5 Å².